The number of nitrogens with one attached hydrogen (secondary N) is 2. The van der Waals surface area contributed by atoms with E-state index in [9.17, 15) is 9.59 Å². The van der Waals surface area contributed by atoms with E-state index in [1.54, 1.807) is 31.2 Å². The molecule has 1 amide bonds. The number of morpholine rings is 1. The van der Waals surface area contributed by atoms with Crippen LogP contribution in [0.15, 0.2) is 24.3 Å². The van der Waals surface area contributed by atoms with Crippen LogP contribution in [0.25, 0.3) is 0 Å². The Balaban J connectivity index is 0.00000220. The van der Waals surface area contributed by atoms with Gasteiger partial charge in [-0.3, -0.25) is 4.79 Å². The lowest BCUT2D eigenvalue weighted by Gasteiger charge is -2.22. The van der Waals surface area contributed by atoms with Gasteiger partial charge in [-0.25, -0.2) is 4.79 Å². The number of hydrogen-bond acceptors (Lipinski definition) is 5. The van der Waals surface area contributed by atoms with Gasteiger partial charge < -0.3 is 20.1 Å². The molecule has 7 heteroatoms. The zero-order chi connectivity index (χ0) is 14.4. The number of benzene rings is 1. The van der Waals surface area contributed by atoms with Crippen molar-refractivity contribution in [1.29, 1.82) is 0 Å². The first-order valence-corrected chi connectivity index (χ1v) is 6.60. The summed E-state index contributed by atoms with van der Waals surface area (Å²) >= 11 is 0. The third-order valence-corrected chi connectivity index (χ3v) is 2.90. The summed E-state index contributed by atoms with van der Waals surface area (Å²) in [6.07, 6.45) is 0. The van der Waals surface area contributed by atoms with E-state index in [1.807, 2.05) is 0 Å². The van der Waals surface area contributed by atoms with E-state index in [4.69, 9.17) is 9.47 Å². The lowest BCUT2D eigenvalue weighted by atomic mass is 10.2. The SMILES string of the molecule is CCOC(=O)c1ccc(NC(=O)C2COCCN2)cc1.Cl. The maximum Gasteiger partial charge on any atom is 0.338 e. The van der Waals surface area contributed by atoms with E-state index in [0.717, 1.165) is 0 Å². The molecule has 1 fully saturated rings. The van der Waals surface area contributed by atoms with Gasteiger partial charge in [-0.2, -0.15) is 0 Å². The van der Waals surface area contributed by atoms with Crippen LogP contribution in [0.3, 0.4) is 0 Å². The molecular weight excluding hydrogens is 296 g/mol. The summed E-state index contributed by atoms with van der Waals surface area (Å²) in [5, 5.41) is 5.85. The second-order valence-corrected chi connectivity index (χ2v) is 4.37. The van der Waals surface area contributed by atoms with Crippen molar-refractivity contribution >= 4 is 30.0 Å². The van der Waals surface area contributed by atoms with Crippen LogP contribution in [0, 0.1) is 0 Å². The van der Waals surface area contributed by atoms with Crippen LogP contribution in [0.4, 0.5) is 5.69 Å². The van der Waals surface area contributed by atoms with Crippen LogP contribution >= 0.6 is 12.4 Å². The first-order valence-electron chi connectivity index (χ1n) is 6.60. The molecule has 1 atom stereocenters. The van der Waals surface area contributed by atoms with Gasteiger partial charge in [0.1, 0.15) is 6.04 Å². The van der Waals surface area contributed by atoms with E-state index in [1.165, 1.54) is 0 Å². The molecule has 6 nitrogen and oxygen atoms in total. The molecule has 116 valence electrons. The molecule has 2 N–H and O–H groups in total. The monoisotopic (exact) mass is 314 g/mol. The predicted molar refractivity (Wildman–Crippen MR) is 80.9 cm³/mol. The van der Waals surface area contributed by atoms with Crippen molar-refractivity contribution < 1.29 is 19.1 Å². The highest BCUT2D eigenvalue weighted by atomic mass is 35.5. The quantitative estimate of drug-likeness (QED) is 0.817. The maximum atomic E-state index is 11.9. The van der Waals surface area contributed by atoms with E-state index in [-0.39, 0.29) is 30.3 Å². The van der Waals surface area contributed by atoms with Crippen molar-refractivity contribution in [2.24, 2.45) is 0 Å². The van der Waals surface area contributed by atoms with E-state index in [0.29, 0.717) is 37.6 Å². The number of esters is 1. The van der Waals surface area contributed by atoms with Gasteiger partial charge in [0.25, 0.3) is 0 Å². The molecule has 1 unspecified atom stereocenters. The minimum atomic E-state index is -0.368. The number of rotatable bonds is 4. The Morgan fingerprint density at radius 3 is 2.67 bits per heavy atom. The van der Waals surface area contributed by atoms with Gasteiger partial charge in [-0.1, -0.05) is 0 Å². The van der Waals surface area contributed by atoms with Gasteiger partial charge in [0.15, 0.2) is 0 Å². The largest absolute Gasteiger partial charge is 0.462 e. The number of halogens is 1. The fraction of sp³-hybridized carbons (Fsp3) is 0.429. The third-order valence-electron chi connectivity index (χ3n) is 2.90. The first kappa shape index (κ1) is 17.4. The van der Waals surface area contributed by atoms with Gasteiger partial charge in [0.05, 0.1) is 25.4 Å². The average Bonchev–Trinajstić information content (AvgIpc) is 2.49. The fourth-order valence-electron chi connectivity index (χ4n) is 1.87. The maximum absolute atomic E-state index is 11.9. The van der Waals surface area contributed by atoms with Crippen LogP contribution in [0.5, 0.6) is 0 Å². The summed E-state index contributed by atoms with van der Waals surface area (Å²) < 4.78 is 10.1. The number of amides is 1. The molecule has 0 radical (unpaired) electrons. The number of anilines is 1. The summed E-state index contributed by atoms with van der Waals surface area (Å²) in [7, 11) is 0. The first-order chi connectivity index (χ1) is 9.70. The Labute approximate surface area is 129 Å². The summed E-state index contributed by atoms with van der Waals surface area (Å²) in [6, 6.07) is 6.26. The Morgan fingerprint density at radius 1 is 1.38 bits per heavy atom. The molecule has 2 rings (SSSR count). The van der Waals surface area contributed by atoms with E-state index < -0.39 is 0 Å². The van der Waals surface area contributed by atoms with Gasteiger partial charge in [-0.05, 0) is 31.2 Å². The van der Waals surface area contributed by atoms with Crippen LogP contribution < -0.4 is 10.6 Å². The average molecular weight is 315 g/mol. The Bertz CT molecular complexity index is 472. The lowest BCUT2D eigenvalue weighted by molar-refractivity contribution is -0.120. The molecule has 1 aliphatic rings. The molecule has 0 aromatic heterocycles. The zero-order valence-corrected chi connectivity index (χ0v) is 12.6. The highest BCUT2D eigenvalue weighted by molar-refractivity contribution is 5.96. The zero-order valence-electron chi connectivity index (χ0n) is 11.8. The predicted octanol–water partition coefficient (Wildman–Crippen LogP) is 1.21. The summed E-state index contributed by atoms with van der Waals surface area (Å²) in [4.78, 5) is 23.4. The smallest absolute Gasteiger partial charge is 0.338 e. The molecule has 1 aromatic rings. The van der Waals surface area contributed by atoms with Crippen molar-refractivity contribution in [3.8, 4) is 0 Å². The highest BCUT2D eigenvalue weighted by Crippen LogP contribution is 2.11. The molecule has 1 aliphatic heterocycles. The Morgan fingerprint density at radius 2 is 2.10 bits per heavy atom. The molecule has 1 aromatic carbocycles. The molecule has 0 saturated carbocycles. The number of carbonyl (C=O) groups excluding carboxylic acids is 2. The van der Waals surface area contributed by atoms with Crippen LogP contribution in [0.1, 0.15) is 17.3 Å². The molecule has 0 aliphatic carbocycles. The second kappa shape index (κ2) is 8.61. The second-order valence-electron chi connectivity index (χ2n) is 4.37. The van der Waals surface area contributed by atoms with Crippen molar-refractivity contribution in [3.63, 3.8) is 0 Å². The summed E-state index contributed by atoms with van der Waals surface area (Å²) in [5.41, 5.74) is 1.10. The third kappa shape index (κ3) is 5.00. The fourth-order valence-corrected chi connectivity index (χ4v) is 1.87. The summed E-state index contributed by atoms with van der Waals surface area (Å²) in [6.45, 7) is 3.75. The Hall–Kier alpha value is -1.63. The molecule has 1 saturated heterocycles. The number of carbonyl (C=O) groups is 2. The molecule has 0 spiro atoms. The van der Waals surface area contributed by atoms with Crippen LogP contribution in [0.2, 0.25) is 0 Å². The molecular formula is C14H19ClN2O4. The van der Waals surface area contributed by atoms with Gasteiger partial charge in [-0.15, -0.1) is 12.4 Å². The van der Waals surface area contributed by atoms with Crippen molar-refractivity contribution in [2.75, 3.05) is 31.7 Å². The Kier molecular flexibility index (Phi) is 7.14. The molecule has 0 bridgehead atoms. The van der Waals surface area contributed by atoms with Crippen LogP contribution in [-0.4, -0.2) is 44.3 Å². The van der Waals surface area contributed by atoms with Gasteiger partial charge in [0.2, 0.25) is 5.91 Å². The van der Waals surface area contributed by atoms with E-state index >= 15 is 0 Å². The van der Waals surface area contributed by atoms with Crippen molar-refractivity contribution in [2.45, 2.75) is 13.0 Å². The number of hydrogen-bond donors (Lipinski definition) is 2. The number of ether oxygens (including phenoxy) is 2. The van der Waals surface area contributed by atoms with E-state index in [2.05, 4.69) is 10.6 Å². The van der Waals surface area contributed by atoms with Gasteiger partial charge >= 0.3 is 5.97 Å². The summed E-state index contributed by atoms with van der Waals surface area (Å²) in [5.74, 6) is -0.513. The molecule has 21 heavy (non-hydrogen) atoms. The molecule has 1 heterocycles. The van der Waals surface area contributed by atoms with Crippen molar-refractivity contribution in [1.82, 2.24) is 5.32 Å². The minimum absolute atomic E-state index is 0. The topological polar surface area (TPSA) is 76.7 Å². The van der Waals surface area contributed by atoms with Crippen LogP contribution in [-0.2, 0) is 14.3 Å². The minimum Gasteiger partial charge on any atom is -0.462 e. The van der Waals surface area contributed by atoms with Gasteiger partial charge in [0, 0.05) is 12.2 Å². The highest BCUT2D eigenvalue weighted by Gasteiger charge is 2.21. The lowest BCUT2D eigenvalue weighted by Crippen LogP contribution is -2.48. The standard InChI is InChI=1S/C14H18N2O4.ClH/c1-2-20-14(18)10-3-5-11(6-4-10)16-13(17)12-9-19-8-7-15-12;/h3-6,12,15H,2,7-9H2,1H3,(H,16,17);1H. The van der Waals surface area contributed by atoms with Crippen molar-refractivity contribution in [3.05, 3.63) is 29.8 Å². The normalized spacial score (nSPS) is 17.5.